The van der Waals surface area contributed by atoms with Crippen molar-refractivity contribution in [2.45, 2.75) is 6.04 Å². The molecule has 1 N–H and O–H groups in total. The number of benzene rings is 2. The summed E-state index contributed by atoms with van der Waals surface area (Å²) < 4.78 is 10.2. The van der Waals surface area contributed by atoms with Crippen molar-refractivity contribution in [1.82, 2.24) is 4.90 Å². The van der Waals surface area contributed by atoms with Crippen molar-refractivity contribution in [2.24, 2.45) is 0 Å². The average molecular weight is 402 g/mol. The van der Waals surface area contributed by atoms with Gasteiger partial charge in [-0.25, -0.2) is 0 Å². The van der Waals surface area contributed by atoms with Crippen LogP contribution in [0.5, 0.6) is 5.75 Å². The normalized spacial score (nSPS) is 18.5. The molecule has 1 aliphatic rings. The van der Waals surface area contributed by atoms with E-state index in [9.17, 15) is 14.7 Å². The number of nitrogens with zero attached hydrogens (tertiary/aromatic N) is 1. The number of amides is 1. The maximum Gasteiger partial charge on any atom is 0.295 e. The van der Waals surface area contributed by atoms with Crippen LogP contribution in [-0.4, -0.2) is 49.1 Å². The highest BCUT2D eigenvalue weighted by atomic mass is 35.5. The van der Waals surface area contributed by atoms with Crippen molar-refractivity contribution >= 4 is 29.1 Å². The van der Waals surface area contributed by atoms with E-state index in [4.69, 9.17) is 21.1 Å². The number of carbonyl (C=O) groups is 2. The lowest BCUT2D eigenvalue weighted by Gasteiger charge is -2.25. The van der Waals surface area contributed by atoms with Crippen molar-refractivity contribution in [3.8, 4) is 5.75 Å². The number of halogens is 1. The van der Waals surface area contributed by atoms with Crippen LogP contribution in [0.4, 0.5) is 0 Å². The van der Waals surface area contributed by atoms with Gasteiger partial charge >= 0.3 is 0 Å². The highest BCUT2D eigenvalue weighted by Gasteiger charge is 2.45. The smallest absolute Gasteiger partial charge is 0.295 e. The summed E-state index contributed by atoms with van der Waals surface area (Å²) in [4.78, 5) is 26.8. The number of methoxy groups -OCH3 is 2. The Kier molecular flexibility index (Phi) is 6.02. The molecule has 0 radical (unpaired) electrons. The van der Waals surface area contributed by atoms with Crippen LogP contribution < -0.4 is 4.74 Å². The molecule has 2 aromatic rings. The molecule has 3 rings (SSSR count). The summed E-state index contributed by atoms with van der Waals surface area (Å²) in [6, 6.07) is 12.7. The molecule has 1 saturated heterocycles. The first-order valence-electron chi connectivity index (χ1n) is 8.65. The van der Waals surface area contributed by atoms with Crippen LogP contribution in [0, 0.1) is 0 Å². The molecule has 1 aliphatic heterocycles. The summed E-state index contributed by atoms with van der Waals surface area (Å²) in [5.41, 5.74) is 1.13. The number of ketones is 1. The molecule has 0 bridgehead atoms. The van der Waals surface area contributed by atoms with E-state index < -0.39 is 17.7 Å². The van der Waals surface area contributed by atoms with Gasteiger partial charge in [-0.2, -0.15) is 0 Å². The third kappa shape index (κ3) is 3.74. The molecule has 0 spiro atoms. The third-order valence-corrected chi connectivity index (χ3v) is 4.88. The highest BCUT2D eigenvalue weighted by Crippen LogP contribution is 2.39. The first-order chi connectivity index (χ1) is 13.5. The molecular weight excluding hydrogens is 382 g/mol. The Labute approximate surface area is 167 Å². The van der Waals surface area contributed by atoms with Crippen LogP contribution in [0.2, 0.25) is 5.02 Å². The standard InChI is InChI=1S/C21H20ClNO5/c1-27-12-11-23-18(13-3-7-15(22)8-4-13)17(20(25)21(23)26)19(24)14-5-9-16(28-2)10-6-14/h3-10,18,24H,11-12H2,1-2H3/b19-17+/t18-/m0/s1. The van der Waals surface area contributed by atoms with Crippen LogP contribution in [0.25, 0.3) is 5.76 Å². The predicted octanol–water partition coefficient (Wildman–Crippen LogP) is 3.42. The summed E-state index contributed by atoms with van der Waals surface area (Å²) in [5, 5.41) is 11.4. The molecule has 7 heteroatoms. The van der Waals surface area contributed by atoms with Gasteiger partial charge in [0.25, 0.3) is 11.7 Å². The Morgan fingerprint density at radius 2 is 1.71 bits per heavy atom. The highest BCUT2D eigenvalue weighted by molar-refractivity contribution is 6.46. The third-order valence-electron chi connectivity index (χ3n) is 4.63. The van der Waals surface area contributed by atoms with Gasteiger partial charge in [-0.1, -0.05) is 23.7 Å². The minimum absolute atomic E-state index is 0.0357. The van der Waals surface area contributed by atoms with E-state index in [0.717, 1.165) is 0 Å². The molecule has 0 aromatic heterocycles. The van der Waals surface area contributed by atoms with E-state index in [1.54, 1.807) is 48.5 Å². The lowest BCUT2D eigenvalue weighted by Crippen LogP contribution is -2.32. The number of hydrogen-bond acceptors (Lipinski definition) is 5. The van der Waals surface area contributed by atoms with Crippen LogP contribution in [0.3, 0.4) is 0 Å². The lowest BCUT2D eigenvalue weighted by atomic mass is 9.95. The van der Waals surface area contributed by atoms with Gasteiger partial charge in [0.2, 0.25) is 0 Å². The van der Waals surface area contributed by atoms with Crippen LogP contribution in [0.1, 0.15) is 17.2 Å². The van der Waals surface area contributed by atoms with Crippen molar-refractivity contribution < 1.29 is 24.2 Å². The number of aliphatic hydroxyl groups is 1. The topological polar surface area (TPSA) is 76.1 Å². The van der Waals surface area contributed by atoms with E-state index in [1.807, 2.05) is 0 Å². The van der Waals surface area contributed by atoms with Gasteiger partial charge in [0.05, 0.1) is 25.3 Å². The summed E-state index contributed by atoms with van der Waals surface area (Å²) in [7, 11) is 3.06. The molecule has 2 aromatic carbocycles. The largest absolute Gasteiger partial charge is 0.507 e. The number of carbonyl (C=O) groups excluding carboxylic acids is 2. The number of Topliss-reactive ketones (excluding diaryl/α,β-unsaturated/α-hetero) is 1. The Bertz CT molecular complexity index is 905. The molecule has 0 saturated carbocycles. The van der Waals surface area contributed by atoms with E-state index in [2.05, 4.69) is 0 Å². The van der Waals surface area contributed by atoms with Gasteiger partial charge < -0.3 is 19.5 Å². The molecule has 0 unspecified atom stereocenters. The molecule has 146 valence electrons. The second kappa shape index (κ2) is 8.46. The average Bonchev–Trinajstić information content (AvgIpc) is 2.97. The van der Waals surface area contributed by atoms with Gasteiger partial charge in [-0.15, -0.1) is 0 Å². The quantitative estimate of drug-likeness (QED) is 0.456. The second-order valence-corrected chi connectivity index (χ2v) is 6.70. The van der Waals surface area contributed by atoms with Gasteiger partial charge in [-0.05, 0) is 42.0 Å². The Balaban J connectivity index is 2.12. The van der Waals surface area contributed by atoms with Crippen LogP contribution in [0.15, 0.2) is 54.1 Å². The van der Waals surface area contributed by atoms with Crippen LogP contribution in [-0.2, 0) is 14.3 Å². The molecule has 6 nitrogen and oxygen atoms in total. The molecular formula is C21H20ClNO5. The lowest BCUT2D eigenvalue weighted by molar-refractivity contribution is -0.140. The van der Waals surface area contributed by atoms with Crippen molar-refractivity contribution in [3.05, 3.63) is 70.3 Å². The van der Waals surface area contributed by atoms with Gasteiger partial charge in [-0.3, -0.25) is 9.59 Å². The van der Waals surface area contributed by atoms with Gasteiger partial charge in [0.15, 0.2) is 0 Å². The maximum atomic E-state index is 12.8. The van der Waals surface area contributed by atoms with Crippen molar-refractivity contribution in [1.29, 1.82) is 0 Å². The Morgan fingerprint density at radius 1 is 1.07 bits per heavy atom. The number of likely N-dealkylation sites (tertiary alicyclic amines) is 1. The van der Waals surface area contributed by atoms with E-state index in [1.165, 1.54) is 19.1 Å². The molecule has 1 amide bonds. The van der Waals surface area contributed by atoms with Crippen molar-refractivity contribution in [3.63, 3.8) is 0 Å². The monoisotopic (exact) mass is 401 g/mol. The minimum atomic E-state index is -0.732. The number of aliphatic hydroxyl groups excluding tert-OH is 1. The number of ether oxygens (including phenoxy) is 2. The van der Waals surface area contributed by atoms with Crippen molar-refractivity contribution in [2.75, 3.05) is 27.4 Å². The number of hydrogen-bond donors (Lipinski definition) is 1. The SMILES string of the molecule is COCCN1C(=O)C(=O)/C(=C(/O)c2ccc(OC)cc2)[C@@H]1c1ccc(Cl)cc1. The number of rotatable bonds is 6. The molecule has 0 aliphatic carbocycles. The second-order valence-electron chi connectivity index (χ2n) is 6.27. The predicted molar refractivity (Wildman–Crippen MR) is 105 cm³/mol. The Morgan fingerprint density at radius 3 is 2.29 bits per heavy atom. The zero-order valence-electron chi connectivity index (χ0n) is 15.5. The van der Waals surface area contributed by atoms with Crippen LogP contribution >= 0.6 is 11.6 Å². The first-order valence-corrected chi connectivity index (χ1v) is 9.03. The van der Waals surface area contributed by atoms with Gasteiger partial charge in [0.1, 0.15) is 11.5 Å². The molecule has 28 heavy (non-hydrogen) atoms. The fourth-order valence-corrected chi connectivity index (χ4v) is 3.32. The molecule has 1 heterocycles. The Hall–Kier alpha value is -2.83. The summed E-state index contributed by atoms with van der Waals surface area (Å²) in [6.07, 6.45) is 0. The van der Waals surface area contributed by atoms with E-state index in [0.29, 0.717) is 21.9 Å². The zero-order valence-corrected chi connectivity index (χ0v) is 16.3. The van der Waals surface area contributed by atoms with Gasteiger partial charge in [0, 0.05) is 24.2 Å². The summed E-state index contributed by atoms with van der Waals surface area (Å²) >= 11 is 5.98. The molecule has 1 atom stereocenters. The first kappa shape index (κ1) is 19.9. The minimum Gasteiger partial charge on any atom is -0.507 e. The fourth-order valence-electron chi connectivity index (χ4n) is 3.20. The summed E-state index contributed by atoms with van der Waals surface area (Å²) in [5.74, 6) is -1.02. The summed E-state index contributed by atoms with van der Waals surface area (Å²) in [6.45, 7) is 0.480. The van der Waals surface area contributed by atoms with E-state index in [-0.39, 0.29) is 24.5 Å². The maximum absolute atomic E-state index is 12.8. The fraction of sp³-hybridized carbons (Fsp3) is 0.238. The zero-order chi connectivity index (χ0) is 20.3. The van der Waals surface area contributed by atoms with E-state index >= 15 is 0 Å². The molecule has 1 fully saturated rings.